The van der Waals surface area contributed by atoms with Gasteiger partial charge < -0.3 is 10.1 Å². The van der Waals surface area contributed by atoms with E-state index in [4.69, 9.17) is 9.72 Å². The van der Waals surface area contributed by atoms with Gasteiger partial charge in [-0.3, -0.25) is 4.79 Å². The summed E-state index contributed by atoms with van der Waals surface area (Å²) < 4.78 is 5.41. The van der Waals surface area contributed by atoms with E-state index in [1.54, 1.807) is 23.5 Å². The Labute approximate surface area is 186 Å². The van der Waals surface area contributed by atoms with Crippen LogP contribution in [0.5, 0.6) is 5.75 Å². The molecule has 0 unspecified atom stereocenters. The van der Waals surface area contributed by atoms with E-state index in [1.165, 1.54) is 5.56 Å². The second kappa shape index (κ2) is 9.58. The molecule has 0 aliphatic rings. The minimum absolute atomic E-state index is 0.102. The average Bonchev–Trinajstić information content (AvgIpc) is 3.29. The molecular formula is C26H24N2O2S. The number of amides is 1. The number of rotatable bonds is 7. The lowest BCUT2D eigenvalue weighted by molar-refractivity contribution is 0.0951. The predicted molar refractivity (Wildman–Crippen MR) is 127 cm³/mol. The molecule has 0 atom stereocenters. The van der Waals surface area contributed by atoms with Crippen LogP contribution in [0.25, 0.3) is 21.8 Å². The molecule has 3 aromatic carbocycles. The number of nitrogens with zero attached hydrogens (tertiary/aromatic N) is 1. The number of ether oxygens (including phenoxy) is 1. The number of nitrogens with one attached hydrogen (secondary N) is 1. The summed E-state index contributed by atoms with van der Waals surface area (Å²) >= 11 is 1.64. The monoisotopic (exact) mass is 428 g/mol. The lowest BCUT2D eigenvalue weighted by Gasteiger charge is -2.07. The number of benzene rings is 3. The Morgan fingerprint density at radius 1 is 0.935 bits per heavy atom. The summed E-state index contributed by atoms with van der Waals surface area (Å²) in [6, 6.07) is 23.7. The molecule has 4 aromatic rings. The second-order valence-corrected chi connectivity index (χ2v) is 8.10. The molecule has 31 heavy (non-hydrogen) atoms. The topological polar surface area (TPSA) is 51.2 Å². The second-order valence-electron chi connectivity index (χ2n) is 7.24. The molecule has 1 aromatic heterocycles. The van der Waals surface area contributed by atoms with E-state index in [2.05, 4.69) is 54.0 Å². The highest BCUT2D eigenvalue weighted by Gasteiger charge is 2.08. The number of aryl methyl sites for hydroxylation is 1. The number of carbonyl (C=O) groups is 1. The van der Waals surface area contributed by atoms with Gasteiger partial charge in [0.15, 0.2) is 0 Å². The van der Waals surface area contributed by atoms with Crippen molar-refractivity contribution in [2.75, 3.05) is 6.61 Å². The SMILES string of the molecule is CCOc1ccc(C(=O)NCc2ccc(-c3nc(-c4ccc(C)cc4)cs3)cc2)cc1. The van der Waals surface area contributed by atoms with Crippen LogP contribution in [0.15, 0.2) is 78.2 Å². The fourth-order valence-electron chi connectivity index (χ4n) is 3.18. The Hall–Kier alpha value is -3.44. The molecule has 1 amide bonds. The van der Waals surface area contributed by atoms with E-state index < -0.39 is 0 Å². The predicted octanol–water partition coefficient (Wildman–Crippen LogP) is 6.11. The molecule has 0 saturated carbocycles. The first kappa shape index (κ1) is 20.8. The van der Waals surface area contributed by atoms with Crippen molar-refractivity contribution in [3.05, 3.63) is 94.9 Å². The van der Waals surface area contributed by atoms with Crippen molar-refractivity contribution in [2.24, 2.45) is 0 Å². The standard InChI is InChI=1S/C26H24N2O2S/c1-3-30-23-14-12-21(13-15-23)25(29)27-16-19-6-10-22(11-7-19)26-28-24(17-31-26)20-8-4-18(2)5-9-20/h4-15,17H,3,16H2,1-2H3,(H,27,29). The van der Waals surface area contributed by atoms with Gasteiger partial charge in [-0.15, -0.1) is 11.3 Å². The molecule has 1 N–H and O–H groups in total. The molecular weight excluding hydrogens is 404 g/mol. The van der Waals surface area contributed by atoms with Gasteiger partial charge in [0.05, 0.1) is 12.3 Å². The third kappa shape index (κ3) is 5.19. The van der Waals surface area contributed by atoms with Crippen molar-refractivity contribution >= 4 is 17.2 Å². The van der Waals surface area contributed by atoms with Gasteiger partial charge in [-0.2, -0.15) is 0 Å². The number of hydrogen-bond donors (Lipinski definition) is 1. The molecule has 0 bridgehead atoms. The maximum atomic E-state index is 12.4. The largest absolute Gasteiger partial charge is 0.494 e. The molecule has 1 heterocycles. The minimum Gasteiger partial charge on any atom is -0.494 e. The minimum atomic E-state index is -0.102. The van der Waals surface area contributed by atoms with Gasteiger partial charge in [0.2, 0.25) is 0 Å². The van der Waals surface area contributed by atoms with Gasteiger partial charge in [-0.1, -0.05) is 54.1 Å². The van der Waals surface area contributed by atoms with Crippen molar-refractivity contribution in [3.63, 3.8) is 0 Å². The molecule has 0 aliphatic heterocycles. The Bertz CT molecular complexity index is 1150. The molecule has 0 aliphatic carbocycles. The highest BCUT2D eigenvalue weighted by molar-refractivity contribution is 7.13. The van der Waals surface area contributed by atoms with E-state index in [1.807, 2.05) is 31.2 Å². The average molecular weight is 429 g/mol. The van der Waals surface area contributed by atoms with Crippen molar-refractivity contribution in [3.8, 4) is 27.6 Å². The molecule has 4 nitrogen and oxygen atoms in total. The van der Waals surface area contributed by atoms with Crippen LogP contribution >= 0.6 is 11.3 Å². The number of thiazole rings is 1. The Morgan fingerprint density at radius 3 is 2.29 bits per heavy atom. The van der Waals surface area contributed by atoms with E-state index in [0.717, 1.165) is 33.1 Å². The molecule has 0 saturated heterocycles. The lowest BCUT2D eigenvalue weighted by atomic mass is 10.1. The normalized spacial score (nSPS) is 10.6. The summed E-state index contributed by atoms with van der Waals surface area (Å²) in [5, 5.41) is 6.04. The molecule has 5 heteroatoms. The maximum absolute atomic E-state index is 12.4. The summed E-state index contributed by atoms with van der Waals surface area (Å²) in [4.78, 5) is 17.2. The smallest absolute Gasteiger partial charge is 0.251 e. The fraction of sp³-hybridized carbons (Fsp3) is 0.154. The Balaban J connectivity index is 1.37. The molecule has 0 radical (unpaired) electrons. The van der Waals surface area contributed by atoms with Gasteiger partial charge in [0.1, 0.15) is 10.8 Å². The Kier molecular flexibility index (Phi) is 6.43. The quantitative estimate of drug-likeness (QED) is 0.386. The van der Waals surface area contributed by atoms with Crippen LogP contribution in [0, 0.1) is 6.92 Å². The van der Waals surface area contributed by atoms with Crippen molar-refractivity contribution in [1.82, 2.24) is 10.3 Å². The van der Waals surface area contributed by atoms with E-state index in [9.17, 15) is 4.79 Å². The first-order valence-corrected chi connectivity index (χ1v) is 11.1. The molecule has 0 fully saturated rings. The van der Waals surface area contributed by atoms with Crippen molar-refractivity contribution in [1.29, 1.82) is 0 Å². The van der Waals surface area contributed by atoms with Crippen LogP contribution in [0.1, 0.15) is 28.4 Å². The van der Waals surface area contributed by atoms with Gasteiger partial charge in [-0.05, 0) is 43.7 Å². The molecule has 156 valence electrons. The molecule has 0 spiro atoms. The fourth-order valence-corrected chi connectivity index (χ4v) is 4.02. The van der Waals surface area contributed by atoms with Crippen LogP contribution in [0.3, 0.4) is 0 Å². The van der Waals surface area contributed by atoms with Gasteiger partial charge in [-0.25, -0.2) is 4.98 Å². The van der Waals surface area contributed by atoms with E-state index in [-0.39, 0.29) is 5.91 Å². The Morgan fingerprint density at radius 2 is 1.61 bits per heavy atom. The van der Waals surface area contributed by atoms with Gasteiger partial charge in [0, 0.05) is 28.6 Å². The zero-order valence-corrected chi connectivity index (χ0v) is 18.4. The van der Waals surface area contributed by atoms with E-state index >= 15 is 0 Å². The summed E-state index contributed by atoms with van der Waals surface area (Å²) in [7, 11) is 0. The van der Waals surface area contributed by atoms with Gasteiger partial charge in [0.25, 0.3) is 5.91 Å². The highest BCUT2D eigenvalue weighted by Crippen LogP contribution is 2.29. The van der Waals surface area contributed by atoms with Crippen LogP contribution in [-0.2, 0) is 6.54 Å². The zero-order valence-electron chi connectivity index (χ0n) is 17.6. The van der Waals surface area contributed by atoms with E-state index in [0.29, 0.717) is 18.7 Å². The summed E-state index contributed by atoms with van der Waals surface area (Å²) in [5.41, 5.74) is 6.09. The summed E-state index contributed by atoms with van der Waals surface area (Å²) in [6.45, 7) is 5.09. The van der Waals surface area contributed by atoms with Crippen molar-refractivity contribution < 1.29 is 9.53 Å². The summed E-state index contributed by atoms with van der Waals surface area (Å²) in [5.74, 6) is 0.664. The van der Waals surface area contributed by atoms with Crippen molar-refractivity contribution in [2.45, 2.75) is 20.4 Å². The summed E-state index contributed by atoms with van der Waals surface area (Å²) in [6.07, 6.45) is 0. The number of aromatic nitrogens is 1. The highest BCUT2D eigenvalue weighted by atomic mass is 32.1. The third-order valence-electron chi connectivity index (χ3n) is 4.93. The lowest BCUT2D eigenvalue weighted by Crippen LogP contribution is -2.22. The number of carbonyl (C=O) groups excluding carboxylic acids is 1. The first-order chi connectivity index (χ1) is 15.1. The third-order valence-corrected chi connectivity index (χ3v) is 5.82. The zero-order chi connectivity index (χ0) is 21.6. The number of hydrogen-bond acceptors (Lipinski definition) is 4. The van der Waals surface area contributed by atoms with Crippen LogP contribution < -0.4 is 10.1 Å². The van der Waals surface area contributed by atoms with Gasteiger partial charge >= 0.3 is 0 Å². The van der Waals surface area contributed by atoms with Crippen LogP contribution in [0.4, 0.5) is 0 Å². The van der Waals surface area contributed by atoms with Crippen LogP contribution in [0.2, 0.25) is 0 Å². The molecule has 4 rings (SSSR count). The first-order valence-electron chi connectivity index (χ1n) is 10.3. The maximum Gasteiger partial charge on any atom is 0.251 e. The van der Waals surface area contributed by atoms with Crippen LogP contribution in [-0.4, -0.2) is 17.5 Å².